The van der Waals surface area contributed by atoms with Crippen LogP contribution in [0.5, 0.6) is 0 Å². The van der Waals surface area contributed by atoms with E-state index in [0.29, 0.717) is 22.6 Å². The maximum Gasteiger partial charge on any atom is 0.330 e. The van der Waals surface area contributed by atoms with Crippen LogP contribution in [0.4, 0.5) is 4.39 Å². The number of nitrogens with zero attached hydrogens (tertiary/aromatic N) is 5. The molecule has 0 amide bonds. The van der Waals surface area contributed by atoms with Gasteiger partial charge >= 0.3 is 5.69 Å². The summed E-state index contributed by atoms with van der Waals surface area (Å²) in [5.74, 6) is 0.297. The molecule has 0 aliphatic heterocycles. The summed E-state index contributed by atoms with van der Waals surface area (Å²) in [5, 5.41) is 0. The van der Waals surface area contributed by atoms with Gasteiger partial charge in [0.15, 0.2) is 5.65 Å². The van der Waals surface area contributed by atoms with Crippen molar-refractivity contribution in [3.63, 3.8) is 0 Å². The van der Waals surface area contributed by atoms with Gasteiger partial charge in [0.2, 0.25) is 0 Å². The first-order chi connectivity index (χ1) is 12.5. The maximum atomic E-state index is 13.6. The lowest BCUT2D eigenvalue weighted by Crippen LogP contribution is -2.23. The van der Waals surface area contributed by atoms with Crippen molar-refractivity contribution in [2.45, 2.75) is 13.5 Å². The Kier molecular flexibility index (Phi) is 3.84. The van der Waals surface area contributed by atoms with E-state index < -0.39 is 0 Å². The normalized spacial score (nSPS) is 11.2. The number of rotatable bonds is 3. The molecule has 4 rings (SSSR count). The number of hydrogen-bond donors (Lipinski definition) is 0. The van der Waals surface area contributed by atoms with Crippen molar-refractivity contribution < 1.29 is 4.39 Å². The smallest absolute Gasteiger partial charge is 0.283 e. The molecule has 0 saturated heterocycles. The highest BCUT2D eigenvalue weighted by atomic mass is 19.1. The number of aromatic nitrogens is 5. The second kappa shape index (κ2) is 6.18. The van der Waals surface area contributed by atoms with E-state index in [1.807, 2.05) is 6.07 Å². The van der Waals surface area contributed by atoms with Gasteiger partial charge in [0.05, 0.1) is 12.1 Å². The summed E-state index contributed by atoms with van der Waals surface area (Å²) < 4.78 is 16.6. The van der Waals surface area contributed by atoms with E-state index in [1.165, 1.54) is 10.6 Å². The Morgan fingerprint density at radius 3 is 2.58 bits per heavy atom. The molecular weight excluding hydrogens is 333 g/mol. The summed E-state index contributed by atoms with van der Waals surface area (Å²) in [6.07, 6.45) is 4.98. The lowest BCUT2D eigenvalue weighted by Gasteiger charge is -2.06. The molecule has 0 aliphatic carbocycles. The van der Waals surface area contributed by atoms with Crippen LogP contribution >= 0.6 is 0 Å². The third-order valence-corrected chi connectivity index (χ3v) is 4.38. The molecule has 0 unspecified atom stereocenters. The SMILES string of the molecule is Cc1cc(-c2cnc3c(c2)n(Cc2ncccn2)c(=O)n3C)ccc1F. The standard InChI is InChI=1S/C19H16FN5O/c1-12-8-13(4-5-15(12)20)14-9-16-18(23-10-14)24(2)19(26)25(16)11-17-21-6-3-7-22-17/h3-10H,11H2,1-2H3. The van der Waals surface area contributed by atoms with Gasteiger partial charge < -0.3 is 0 Å². The summed E-state index contributed by atoms with van der Waals surface area (Å²) in [7, 11) is 1.68. The highest BCUT2D eigenvalue weighted by molar-refractivity contribution is 5.79. The summed E-state index contributed by atoms with van der Waals surface area (Å²) in [6, 6.07) is 8.52. The molecule has 0 bridgehead atoms. The minimum Gasteiger partial charge on any atom is -0.283 e. The zero-order valence-electron chi connectivity index (χ0n) is 14.3. The van der Waals surface area contributed by atoms with Gasteiger partial charge in [-0.2, -0.15) is 0 Å². The first-order valence-corrected chi connectivity index (χ1v) is 8.12. The molecule has 3 heterocycles. The molecule has 0 N–H and O–H groups in total. The zero-order valence-corrected chi connectivity index (χ0v) is 14.3. The van der Waals surface area contributed by atoms with E-state index in [-0.39, 0.29) is 18.1 Å². The third kappa shape index (κ3) is 2.67. The zero-order chi connectivity index (χ0) is 18.3. The predicted octanol–water partition coefficient (Wildman–Crippen LogP) is 2.69. The maximum absolute atomic E-state index is 13.6. The highest BCUT2D eigenvalue weighted by Crippen LogP contribution is 2.24. The van der Waals surface area contributed by atoms with Crippen molar-refractivity contribution in [2.24, 2.45) is 7.05 Å². The van der Waals surface area contributed by atoms with Crippen molar-refractivity contribution in [1.82, 2.24) is 24.1 Å². The second-order valence-corrected chi connectivity index (χ2v) is 6.12. The van der Waals surface area contributed by atoms with Crippen LogP contribution < -0.4 is 5.69 Å². The molecule has 3 aromatic heterocycles. The second-order valence-electron chi connectivity index (χ2n) is 6.12. The average molecular weight is 349 g/mol. The van der Waals surface area contributed by atoms with E-state index >= 15 is 0 Å². The van der Waals surface area contributed by atoms with Crippen LogP contribution in [0.1, 0.15) is 11.4 Å². The molecule has 0 aliphatic rings. The van der Waals surface area contributed by atoms with E-state index in [4.69, 9.17) is 0 Å². The van der Waals surface area contributed by atoms with Crippen LogP contribution in [0.15, 0.2) is 53.7 Å². The molecule has 0 saturated carbocycles. The molecule has 0 spiro atoms. The number of aryl methyl sites for hydroxylation is 2. The highest BCUT2D eigenvalue weighted by Gasteiger charge is 2.14. The molecule has 0 atom stereocenters. The summed E-state index contributed by atoms with van der Waals surface area (Å²) in [4.78, 5) is 25.4. The van der Waals surface area contributed by atoms with Gasteiger partial charge in [-0.3, -0.25) is 9.13 Å². The van der Waals surface area contributed by atoms with E-state index in [1.54, 1.807) is 55.3 Å². The van der Waals surface area contributed by atoms with Gasteiger partial charge in [0.25, 0.3) is 0 Å². The van der Waals surface area contributed by atoms with Gasteiger partial charge in [-0.05, 0) is 42.3 Å². The molecule has 130 valence electrons. The van der Waals surface area contributed by atoms with E-state index in [2.05, 4.69) is 15.0 Å². The van der Waals surface area contributed by atoms with Crippen LogP contribution in [0.2, 0.25) is 0 Å². The Balaban J connectivity index is 1.88. The molecule has 6 nitrogen and oxygen atoms in total. The number of fused-ring (bicyclic) bond motifs is 1. The van der Waals surface area contributed by atoms with Crippen LogP contribution in [-0.4, -0.2) is 24.1 Å². The Hall–Kier alpha value is -3.35. The van der Waals surface area contributed by atoms with Crippen molar-refractivity contribution in [1.29, 1.82) is 0 Å². The molecule has 0 fully saturated rings. The minimum atomic E-state index is -0.249. The molecule has 26 heavy (non-hydrogen) atoms. The molecular formula is C19H16FN5O. The monoisotopic (exact) mass is 349 g/mol. The number of hydrogen-bond acceptors (Lipinski definition) is 4. The lowest BCUT2D eigenvalue weighted by molar-refractivity contribution is 0.619. The number of halogens is 1. The predicted molar refractivity (Wildman–Crippen MR) is 96.2 cm³/mol. The lowest BCUT2D eigenvalue weighted by atomic mass is 10.0. The molecule has 4 aromatic rings. The van der Waals surface area contributed by atoms with Gasteiger partial charge in [0.1, 0.15) is 11.6 Å². The molecule has 7 heteroatoms. The third-order valence-electron chi connectivity index (χ3n) is 4.38. The largest absolute Gasteiger partial charge is 0.330 e. The van der Waals surface area contributed by atoms with Crippen molar-refractivity contribution >= 4 is 11.2 Å². The fraction of sp³-hybridized carbons (Fsp3) is 0.158. The van der Waals surface area contributed by atoms with Gasteiger partial charge in [-0.1, -0.05) is 6.07 Å². The average Bonchev–Trinajstić information content (AvgIpc) is 2.89. The van der Waals surface area contributed by atoms with Crippen LogP contribution in [0.25, 0.3) is 22.3 Å². The van der Waals surface area contributed by atoms with Crippen molar-refractivity contribution in [2.75, 3.05) is 0 Å². The summed E-state index contributed by atoms with van der Waals surface area (Å²) >= 11 is 0. The van der Waals surface area contributed by atoms with Gasteiger partial charge in [-0.15, -0.1) is 0 Å². The van der Waals surface area contributed by atoms with Crippen LogP contribution in [0, 0.1) is 12.7 Å². The van der Waals surface area contributed by atoms with Crippen LogP contribution in [0.3, 0.4) is 0 Å². The quantitative estimate of drug-likeness (QED) is 0.570. The number of imidazole rings is 1. The molecule has 0 radical (unpaired) electrons. The van der Waals surface area contributed by atoms with Crippen molar-refractivity contribution in [3.05, 3.63) is 76.6 Å². The van der Waals surface area contributed by atoms with Gasteiger partial charge in [0, 0.05) is 31.2 Å². The van der Waals surface area contributed by atoms with E-state index in [0.717, 1.165) is 11.1 Å². The fourth-order valence-electron chi connectivity index (χ4n) is 2.97. The molecule has 1 aromatic carbocycles. The first kappa shape index (κ1) is 16.1. The Morgan fingerprint density at radius 1 is 1.08 bits per heavy atom. The number of benzene rings is 1. The minimum absolute atomic E-state index is 0.188. The fourth-order valence-corrected chi connectivity index (χ4v) is 2.97. The topological polar surface area (TPSA) is 65.6 Å². The Bertz CT molecular complexity index is 1160. The Labute approximate surface area is 148 Å². The summed E-state index contributed by atoms with van der Waals surface area (Å²) in [6.45, 7) is 1.97. The van der Waals surface area contributed by atoms with Gasteiger partial charge in [-0.25, -0.2) is 24.1 Å². The van der Waals surface area contributed by atoms with E-state index in [9.17, 15) is 9.18 Å². The van der Waals surface area contributed by atoms with Crippen molar-refractivity contribution in [3.8, 4) is 11.1 Å². The first-order valence-electron chi connectivity index (χ1n) is 8.12. The summed E-state index contributed by atoms with van der Waals surface area (Å²) in [5.41, 5.74) is 3.29. The Morgan fingerprint density at radius 2 is 1.85 bits per heavy atom. The number of pyridine rings is 1. The van der Waals surface area contributed by atoms with Crippen LogP contribution in [-0.2, 0) is 13.6 Å².